The zero-order valence-electron chi connectivity index (χ0n) is 3.64. The summed E-state index contributed by atoms with van der Waals surface area (Å²) in [7, 11) is 0. The van der Waals surface area contributed by atoms with E-state index in [1.807, 2.05) is 0 Å². The van der Waals surface area contributed by atoms with Gasteiger partial charge in [0, 0.05) is 0 Å². The van der Waals surface area contributed by atoms with E-state index < -0.39 is 19.5 Å². The van der Waals surface area contributed by atoms with Crippen molar-refractivity contribution in [3.8, 4) is 0 Å². The van der Waals surface area contributed by atoms with E-state index in [4.69, 9.17) is 0 Å². The summed E-state index contributed by atoms with van der Waals surface area (Å²) in [5.74, 6) is 0. The zero-order valence-corrected chi connectivity index (χ0v) is 5.98. The molecule has 0 spiro atoms. The summed E-state index contributed by atoms with van der Waals surface area (Å²) in [4.78, 5) is 0. The van der Waals surface area contributed by atoms with Crippen LogP contribution in [0.4, 0.5) is 0 Å². The summed E-state index contributed by atoms with van der Waals surface area (Å²) in [5.41, 5.74) is 0. The molecule has 0 amide bonds. The van der Waals surface area contributed by atoms with Crippen LogP contribution in [0.25, 0.3) is 0 Å². The van der Waals surface area contributed by atoms with Crippen molar-refractivity contribution in [2.75, 3.05) is 0 Å². The van der Waals surface area contributed by atoms with Crippen molar-refractivity contribution in [3.05, 3.63) is 0 Å². The van der Waals surface area contributed by atoms with Crippen LogP contribution in [0.2, 0.25) is 8.94 Å². The van der Waals surface area contributed by atoms with Crippen LogP contribution < -0.4 is 0 Å². The average molecular weight is 200 g/mol. The SMILES string of the molecule is O=[Te]1CCCC1. The summed E-state index contributed by atoms with van der Waals surface area (Å²) >= 11 is -1.54. The maximum absolute atomic E-state index is 10.5. The molecule has 1 rings (SSSR count). The summed E-state index contributed by atoms with van der Waals surface area (Å²) in [6.07, 6.45) is 2.50. The van der Waals surface area contributed by atoms with Crippen molar-refractivity contribution in [1.29, 1.82) is 0 Å². The molecule has 0 radical (unpaired) electrons. The molecule has 1 aliphatic heterocycles. The van der Waals surface area contributed by atoms with Crippen LogP contribution in [0.3, 0.4) is 0 Å². The van der Waals surface area contributed by atoms with Gasteiger partial charge in [0.1, 0.15) is 0 Å². The molecule has 0 aliphatic carbocycles. The van der Waals surface area contributed by atoms with Gasteiger partial charge in [0.05, 0.1) is 0 Å². The minimum atomic E-state index is -1.54. The predicted molar refractivity (Wildman–Crippen MR) is 25.3 cm³/mol. The molecule has 36 valence electrons. The van der Waals surface area contributed by atoms with E-state index in [-0.39, 0.29) is 0 Å². The number of hydrogen-bond acceptors (Lipinski definition) is 1. The van der Waals surface area contributed by atoms with E-state index in [1.54, 1.807) is 0 Å². The fourth-order valence-corrected chi connectivity index (χ4v) is 4.21. The number of hydrogen-bond donors (Lipinski definition) is 0. The van der Waals surface area contributed by atoms with Gasteiger partial charge in [0.15, 0.2) is 0 Å². The van der Waals surface area contributed by atoms with Crippen molar-refractivity contribution < 1.29 is 3.10 Å². The Balaban J connectivity index is 2.37. The van der Waals surface area contributed by atoms with Crippen LogP contribution in [0.15, 0.2) is 0 Å². The van der Waals surface area contributed by atoms with Crippen LogP contribution in [-0.2, 0) is 3.10 Å². The second-order valence-corrected chi connectivity index (χ2v) is 6.40. The van der Waals surface area contributed by atoms with E-state index >= 15 is 0 Å². The number of rotatable bonds is 0. The van der Waals surface area contributed by atoms with Gasteiger partial charge in [0.25, 0.3) is 0 Å². The van der Waals surface area contributed by atoms with E-state index in [0.29, 0.717) is 0 Å². The van der Waals surface area contributed by atoms with Gasteiger partial charge in [-0.3, -0.25) is 0 Å². The fourth-order valence-electron chi connectivity index (χ4n) is 0.628. The maximum atomic E-state index is 10.5. The van der Waals surface area contributed by atoms with Gasteiger partial charge < -0.3 is 0 Å². The molecule has 0 atom stereocenters. The Morgan fingerprint density at radius 3 is 1.83 bits per heavy atom. The van der Waals surface area contributed by atoms with Gasteiger partial charge in [0.2, 0.25) is 0 Å². The molecule has 6 heavy (non-hydrogen) atoms. The Hall–Kier alpha value is 0.590. The van der Waals surface area contributed by atoms with Crippen LogP contribution in [0, 0.1) is 0 Å². The topological polar surface area (TPSA) is 17.1 Å². The molecule has 1 fully saturated rings. The molecule has 0 N–H and O–H groups in total. The molecule has 0 unspecified atom stereocenters. The second kappa shape index (κ2) is 2.04. The molecule has 2 heteroatoms. The predicted octanol–water partition coefficient (Wildman–Crippen LogP) is 1.20. The van der Waals surface area contributed by atoms with Crippen molar-refractivity contribution in [3.63, 3.8) is 0 Å². The first-order chi connectivity index (χ1) is 2.89. The summed E-state index contributed by atoms with van der Waals surface area (Å²) < 4.78 is 12.7. The third kappa shape index (κ3) is 1.03. The van der Waals surface area contributed by atoms with Gasteiger partial charge in [-0.1, -0.05) is 0 Å². The molecule has 1 saturated heterocycles. The van der Waals surface area contributed by atoms with E-state index in [0.717, 1.165) is 8.94 Å². The van der Waals surface area contributed by atoms with Crippen molar-refractivity contribution in [2.45, 2.75) is 21.8 Å². The van der Waals surface area contributed by atoms with Gasteiger partial charge in [-0.25, -0.2) is 0 Å². The molecule has 0 bridgehead atoms. The van der Waals surface area contributed by atoms with Crippen molar-refractivity contribution in [2.24, 2.45) is 0 Å². The first-order valence-electron chi connectivity index (χ1n) is 2.24. The molecular weight excluding hydrogens is 192 g/mol. The van der Waals surface area contributed by atoms with E-state index in [1.165, 1.54) is 12.8 Å². The molecule has 0 aromatic carbocycles. The first kappa shape index (κ1) is 4.74. The van der Waals surface area contributed by atoms with Crippen LogP contribution in [0.5, 0.6) is 0 Å². The van der Waals surface area contributed by atoms with Gasteiger partial charge in [-0.05, 0) is 0 Å². The first-order valence-corrected chi connectivity index (χ1v) is 6.49. The normalized spacial score (nSPS) is 25.3. The third-order valence-electron chi connectivity index (χ3n) is 0.994. The Morgan fingerprint density at radius 2 is 1.67 bits per heavy atom. The molecule has 0 saturated carbocycles. The molecule has 1 heterocycles. The van der Waals surface area contributed by atoms with Gasteiger partial charge in [-0.2, -0.15) is 0 Å². The molecule has 0 aromatic rings. The fraction of sp³-hybridized carbons (Fsp3) is 1.00. The Kier molecular flexibility index (Phi) is 1.62. The Morgan fingerprint density at radius 1 is 1.17 bits per heavy atom. The van der Waals surface area contributed by atoms with E-state index in [2.05, 4.69) is 0 Å². The molecule has 1 aliphatic rings. The molecular formula is C4H8OTe. The zero-order chi connectivity index (χ0) is 4.41. The third-order valence-corrected chi connectivity index (χ3v) is 5.24. The Labute approximate surface area is 44.8 Å². The molecule has 1 nitrogen and oxygen atoms in total. The summed E-state index contributed by atoms with van der Waals surface area (Å²) in [6.45, 7) is 0. The Bertz CT molecular complexity index is 61.9. The second-order valence-electron chi connectivity index (χ2n) is 1.56. The standard InChI is InChI=1S/C4H8OTe/c5-6-3-1-2-4-6/h1-4H2. The van der Waals surface area contributed by atoms with Gasteiger partial charge >= 0.3 is 44.4 Å². The quantitative estimate of drug-likeness (QED) is 0.536. The van der Waals surface area contributed by atoms with Crippen LogP contribution >= 0.6 is 0 Å². The van der Waals surface area contributed by atoms with Gasteiger partial charge in [-0.15, -0.1) is 0 Å². The summed E-state index contributed by atoms with van der Waals surface area (Å²) in [6, 6.07) is 0. The van der Waals surface area contributed by atoms with Crippen LogP contribution in [0.1, 0.15) is 12.8 Å². The monoisotopic (exact) mass is 202 g/mol. The molecule has 0 aromatic heterocycles. The van der Waals surface area contributed by atoms with Crippen LogP contribution in [-0.4, -0.2) is 19.5 Å². The summed E-state index contributed by atoms with van der Waals surface area (Å²) in [5, 5.41) is 0. The average Bonchev–Trinajstić information content (AvgIpc) is 1.86. The van der Waals surface area contributed by atoms with E-state index in [9.17, 15) is 3.10 Å². The van der Waals surface area contributed by atoms with Crippen molar-refractivity contribution >= 4 is 19.5 Å². The minimum absolute atomic E-state index is 1.10. The van der Waals surface area contributed by atoms with Crippen molar-refractivity contribution in [1.82, 2.24) is 0 Å².